The molecule has 68 valence electrons. The second kappa shape index (κ2) is 3.36. The second-order valence-electron chi connectivity index (χ2n) is 2.22. The van der Waals surface area contributed by atoms with E-state index in [9.17, 15) is 20.0 Å². The number of carbonyl (C=O) groups is 1. The van der Waals surface area contributed by atoms with Crippen LogP contribution in [0.2, 0.25) is 0 Å². The first-order valence-corrected chi connectivity index (χ1v) is 3.60. The Morgan fingerprint density at radius 2 is 2.08 bits per heavy atom. The van der Waals surface area contributed by atoms with Gasteiger partial charge >= 0.3 is 0 Å². The number of nitro groups is 1. The van der Waals surface area contributed by atoms with Gasteiger partial charge in [-0.05, 0) is 0 Å². The van der Waals surface area contributed by atoms with Crippen molar-refractivity contribution in [1.29, 1.82) is 0 Å². The van der Waals surface area contributed by atoms with Crippen LogP contribution < -0.4 is 5.11 Å². The van der Waals surface area contributed by atoms with Crippen molar-refractivity contribution in [3.8, 4) is 0 Å². The summed E-state index contributed by atoms with van der Waals surface area (Å²) in [4.78, 5) is 20.2. The van der Waals surface area contributed by atoms with Gasteiger partial charge in [0, 0.05) is 6.07 Å². The van der Waals surface area contributed by atoms with Crippen molar-refractivity contribution in [2.24, 2.45) is 0 Å². The number of hydrogen-bond donors (Lipinski definition) is 0. The summed E-state index contributed by atoms with van der Waals surface area (Å²) in [5.41, 5.74) is -0.994. The Balaban J connectivity index is 3.35. The van der Waals surface area contributed by atoms with Crippen molar-refractivity contribution in [2.45, 2.75) is 4.90 Å². The van der Waals surface area contributed by atoms with E-state index in [4.69, 9.17) is 0 Å². The summed E-state index contributed by atoms with van der Waals surface area (Å²) >= 11 is 4.65. The molecule has 0 amide bonds. The topological polar surface area (TPSA) is 83.3 Å². The minimum Gasteiger partial charge on any atom is -0.780 e. The van der Waals surface area contributed by atoms with E-state index in [2.05, 4.69) is 12.6 Å². The van der Waals surface area contributed by atoms with Crippen LogP contribution >= 0.6 is 0 Å². The van der Waals surface area contributed by atoms with Crippen molar-refractivity contribution in [2.75, 3.05) is 0 Å². The van der Waals surface area contributed by atoms with Gasteiger partial charge < -0.3 is 22.5 Å². The van der Waals surface area contributed by atoms with Crippen molar-refractivity contribution in [3.63, 3.8) is 0 Å². The van der Waals surface area contributed by atoms with E-state index in [1.165, 1.54) is 6.07 Å². The zero-order valence-corrected chi connectivity index (χ0v) is 7.04. The number of carboxylic acid groups (broad SMARTS) is 1. The quantitative estimate of drug-likeness (QED) is 0.374. The van der Waals surface area contributed by atoms with Gasteiger partial charge in [0.2, 0.25) is 0 Å². The Hall–Kier alpha value is -1.69. The lowest BCUT2D eigenvalue weighted by Gasteiger charge is -2.09. The number of hydrogen-bond acceptors (Lipinski definition) is 5. The van der Waals surface area contributed by atoms with Crippen molar-refractivity contribution in [1.82, 2.24) is 0 Å². The molecular formula is C7H3NO4S-2. The van der Waals surface area contributed by atoms with Crippen LogP contribution in [0.25, 0.3) is 0 Å². The van der Waals surface area contributed by atoms with Crippen molar-refractivity contribution < 1.29 is 14.8 Å². The standard InChI is InChI=1S/C7H5NO4S/c9-7(10)5-3-4(13)1-2-6(5)8(11)12/h1-3,13H,(H,9,10)/p-2. The fourth-order valence-corrected chi connectivity index (χ4v) is 1.02. The first-order chi connectivity index (χ1) is 6.02. The summed E-state index contributed by atoms with van der Waals surface area (Å²) in [6.07, 6.45) is 0. The fourth-order valence-electron chi connectivity index (χ4n) is 0.838. The third-order valence-corrected chi connectivity index (χ3v) is 1.64. The molecule has 0 saturated heterocycles. The van der Waals surface area contributed by atoms with E-state index in [0.29, 0.717) is 0 Å². The second-order valence-corrected chi connectivity index (χ2v) is 2.69. The lowest BCUT2D eigenvalue weighted by atomic mass is 10.2. The molecule has 0 aromatic heterocycles. The van der Waals surface area contributed by atoms with Crippen LogP contribution in [0.4, 0.5) is 5.69 Å². The summed E-state index contributed by atoms with van der Waals surface area (Å²) < 4.78 is 0. The minimum atomic E-state index is -1.60. The predicted octanol–water partition coefficient (Wildman–Crippen LogP) is -0.136. The summed E-state index contributed by atoms with van der Waals surface area (Å²) in [6.45, 7) is 0. The van der Waals surface area contributed by atoms with Crippen LogP contribution in [0.15, 0.2) is 23.1 Å². The molecule has 0 bridgehead atoms. The van der Waals surface area contributed by atoms with Crippen molar-refractivity contribution >= 4 is 24.3 Å². The van der Waals surface area contributed by atoms with Crippen LogP contribution in [-0.2, 0) is 12.6 Å². The Kier molecular flexibility index (Phi) is 2.43. The molecule has 0 saturated carbocycles. The molecule has 0 fully saturated rings. The Morgan fingerprint density at radius 1 is 1.46 bits per heavy atom. The Labute approximate surface area is 78.6 Å². The molecule has 13 heavy (non-hydrogen) atoms. The molecule has 1 aromatic carbocycles. The van der Waals surface area contributed by atoms with Crippen LogP contribution in [0, 0.1) is 10.1 Å². The molecule has 0 spiro atoms. The van der Waals surface area contributed by atoms with Gasteiger partial charge in [-0.1, -0.05) is 12.1 Å². The fraction of sp³-hybridized carbons (Fsp3) is 0. The number of carbonyl (C=O) groups excluding carboxylic acids is 1. The molecule has 0 aliphatic carbocycles. The molecule has 1 aromatic rings. The number of nitrogens with zero attached hydrogens (tertiary/aromatic N) is 1. The molecule has 0 heterocycles. The molecular weight excluding hydrogens is 194 g/mol. The number of carboxylic acids is 1. The highest BCUT2D eigenvalue weighted by molar-refractivity contribution is 7.58. The highest BCUT2D eigenvalue weighted by Crippen LogP contribution is 2.18. The molecule has 0 unspecified atom stereocenters. The first-order valence-electron chi connectivity index (χ1n) is 3.19. The Bertz CT molecular complexity index is 377. The van der Waals surface area contributed by atoms with Gasteiger partial charge in [-0.25, -0.2) is 0 Å². The van der Waals surface area contributed by atoms with Gasteiger partial charge in [0.15, 0.2) is 0 Å². The number of aromatic carboxylic acids is 1. The monoisotopic (exact) mass is 197 g/mol. The summed E-state index contributed by atoms with van der Waals surface area (Å²) in [5.74, 6) is -1.60. The van der Waals surface area contributed by atoms with Gasteiger partial charge in [-0.2, -0.15) is 4.90 Å². The van der Waals surface area contributed by atoms with E-state index in [0.717, 1.165) is 12.1 Å². The molecule has 0 aliphatic rings. The maximum Gasteiger partial charge on any atom is 0.278 e. The third-order valence-electron chi connectivity index (χ3n) is 1.38. The van der Waals surface area contributed by atoms with Crippen LogP contribution in [0.3, 0.4) is 0 Å². The third kappa shape index (κ3) is 1.91. The summed E-state index contributed by atoms with van der Waals surface area (Å²) in [5, 5.41) is 20.7. The van der Waals surface area contributed by atoms with E-state index in [1.807, 2.05) is 0 Å². The highest BCUT2D eigenvalue weighted by Gasteiger charge is 2.12. The molecule has 1 rings (SSSR count). The maximum atomic E-state index is 10.4. The normalized spacial score (nSPS) is 9.54. The zero-order chi connectivity index (χ0) is 10.0. The van der Waals surface area contributed by atoms with Crippen LogP contribution in [-0.4, -0.2) is 10.9 Å². The number of rotatable bonds is 2. The van der Waals surface area contributed by atoms with E-state index < -0.39 is 22.1 Å². The van der Waals surface area contributed by atoms with Gasteiger partial charge in [0.05, 0.1) is 16.5 Å². The van der Waals surface area contributed by atoms with Crippen LogP contribution in [0.1, 0.15) is 10.4 Å². The lowest BCUT2D eigenvalue weighted by molar-refractivity contribution is -0.385. The van der Waals surface area contributed by atoms with E-state index in [1.54, 1.807) is 0 Å². The van der Waals surface area contributed by atoms with E-state index in [-0.39, 0.29) is 4.90 Å². The molecule has 6 heteroatoms. The van der Waals surface area contributed by atoms with Gasteiger partial charge in [-0.15, -0.1) is 0 Å². The molecule has 0 aliphatic heterocycles. The smallest absolute Gasteiger partial charge is 0.278 e. The zero-order valence-electron chi connectivity index (χ0n) is 6.22. The van der Waals surface area contributed by atoms with Crippen LogP contribution in [0.5, 0.6) is 0 Å². The van der Waals surface area contributed by atoms with Crippen molar-refractivity contribution in [3.05, 3.63) is 33.9 Å². The predicted molar refractivity (Wildman–Crippen MR) is 43.1 cm³/mol. The van der Waals surface area contributed by atoms with Gasteiger partial charge in [0.25, 0.3) is 5.69 Å². The lowest BCUT2D eigenvalue weighted by Crippen LogP contribution is -2.23. The summed E-state index contributed by atoms with van der Waals surface area (Å²) in [7, 11) is 0. The SMILES string of the molecule is O=C([O-])c1cc([S-])ccc1[N+](=O)[O-]. The molecule has 0 radical (unpaired) electrons. The Morgan fingerprint density at radius 3 is 2.54 bits per heavy atom. The number of nitro benzene ring substituents is 1. The highest BCUT2D eigenvalue weighted by atomic mass is 32.1. The average molecular weight is 197 g/mol. The average Bonchev–Trinajstić information content (AvgIpc) is 2.03. The molecule has 0 N–H and O–H groups in total. The van der Waals surface area contributed by atoms with Gasteiger partial charge in [0.1, 0.15) is 0 Å². The number of benzene rings is 1. The molecule has 5 nitrogen and oxygen atoms in total. The minimum absolute atomic E-state index is 0.227. The summed E-state index contributed by atoms with van der Waals surface area (Å²) in [6, 6.07) is 3.37. The largest absolute Gasteiger partial charge is 0.780 e. The first kappa shape index (κ1) is 9.40. The van der Waals surface area contributed by atoms with Gasteiger partial charge in [-0.3, -0.25) is 10.1 Å². The molecule has 0 atom stereocenters. The maximum absolute atomic E-state index is 10.4. The van der Waals surface area contributed by atoms with E-state index >= 15 is 0 Å².